The van der Waals surface area contributed by atoms with E-state index in [1.165, 1.54) is 50.8 Å². The summed E-state index contributed by atoms with van der Waals surface area (Å²) in [5.41, 5.74) is 7.55. The fourth-order valence-corrected chi connectivity index (χ4v) is 3.10. The molecular formula is C17H28N2. The van der Waals surface area contributed by atoms with Crippen molar-refractivity contribution in [3.05, 3.63) is 30.3 Å². The number of para-hydroxylation sites is 1. The molecule has 0 bridgehead atoms. The molecule has 0 aliphatic heterocycles. The molecule has 1 aliphatic carbocycles. The first-order valence-corrected chi connectivity index (χ1v) is 7.87. The Balaban J connectivity index is 1.90. The molecule has 2 nitrogen and oxygen atoms in total. The van der Waals surface area contributed by atoms with Crippen molar-refractivity contribution in [2.75, 3.05) is 18.0 Å². The van der Waals surface area contributed by atoms with Crippen molar-refractivity contribution >= 4 is 5.69 Å². The second kappa shape index (κ2) is 7.54. The van der Waals surface area contributed by atoms with Crippen LogP contribution in [0.4, 0.5) is 5.69 Å². The summed E-state index contributed by atoms with van der Waals surface area (Å²) in [5.74, 6) is 0.743. The van der Waals surface area contributed by atoms with E-state index in [0.717, 1.165) is 12.5 Å². The van der Waals surface area contributed by atoms with E-state index in [4.69, 9.17) is 5.73 Å². The van der Waals surface area contributed by atoms with Crippen LogP contribution in [0.25, 0.3) is 0 Å². The monoisotopic (exact) mass is 260 g/mol. The highest BCUT2D eigenvalue weighted by Gasteiger charge is 2.24. The maximum Gasteiger partial charge on any atom is 0.0366 e. The van der Waals surface area contributed by atoms with E-state index in [0.29, 0.717) is 6.04 Å². The molecule has 0 amide bonds. The Morgan fingerprint density at radius 3 is 2.58 bits per heavy atom. The van der Waals surface area contributed by atoms with Gasteiger partial charge >= 0.3 is 0 Å². The quantitative estimate of drug-likeness (QED) is 0.807. The second-order valence-corrected chi connectivity index (χ2v) is 5.82. The molecule has 2 rings (SSSR count). The molecule has 2 N–H and O–H groups in total. The van der Waals surface area contributed by atoms with E-state index in [1.807, 2.05) is 0 Å². The maximum atomic E-state index is 6.19. The van der Waals surface area contributed by atoms with Gasteiger partial charge in [0.2, 0.25) is 0 Å². The van der Waals surface area contributed by atoms with Crippen LogP contribution in [-0.4, -0.2) is 19.1 Å². The highest BCUT2D eigenvalue weighted by atomic mass is 15.1. The minimum absolute atomic E-state index is 0.448. The van der Waals surface area contributed by atoms with Gasteiger partial charge in [-0.05, 0) is 43.7 Å². The van der Waals surface area contributed by atoms with Gasteiger partial charge in [-0.2, -0.15) is 0 Å². The zero-order chi connectivity index (χ0) is 13.5. The Labute approximate surface area is 118 Å². The summed E-state index contributed by atoms with van der Waals surface area (Å²) in [6.45, 7) is 4.58. The summed E-state index contributed by atoms with van der Waals surface area (Å²) < 4.78 is 0. The van der Waals surface area contributed by atoms with Crippen molar-refractivity contribution < 1.29 is 0 Å². The standard InChI is InChI=1S/C17H28N2/c1-2-3-13-19(16-9-5-4-6-10-16)14-12-15-8-7-11-17(15)18/h4-6,9-10,15,17H,2-3,7-8,11-14,18H2,1H3. The lowest BCUT2D eigenvalue weighted by Gasteiger charge is -2.27. The second-order valence-electron chi connectivity index (χ2n) is 5.82. The average Bonchev–Trinajstić information content (AvgIpc) is 2.85. The fourth-order valence-electron chi connectivity index (χ4n) is 3.10. The minimum atomic E-state index is 0.448. The van der Waals surface area contributed by atoms with E-state index in [-0.39, 0.29) is 0 Å². The Morgan fingerprint density at radius 2 is 1.95 bits per heavy atom. The molecule has 1 fully saturated rings. The molecule has 0 spiro atoms. The predicted octanol–water partition coefficient (Wildman–Crippen LogP) is 3.81. The van der Waals surface area contributed by atoms with Crippen LogP contribution in [0, 0.1) is 5.92 Å². The lowest BCUT2D eigenvalue weighted by molar-refractivity contribution is 0.444. The van der Waals surface area contributed by atoms with Crippen molar-refractivity contribution in [1.29, 1.82) is 0 Å². The average molecular weight is 260 g/mol. The topological polar surface area (TPSA) is 29.3 Å². The van der Waals surface area contributed by atoms with E-state index >= 15 is 0 Å². The van der Waals surface area contributed by atoms with Crippen molar-refractivity contribution in [2.24, 2.45) is 11.7 Å². The fraction of sp³-hybridized carbons (Fsp3) is 0.647. The van der Waals surface area contributed by atoms with Gasteiger partial charge in [0.1, 0.15) is 0 Å². The first kappa shape index (κ1) is 14.4. The van der Waals surface area contributed by atoms with Crippen LogP contribution in [0.15, 0.2) is 30.3 Å². The molecule has 0 radical (unpaired) electrons. The number of anilines is 1. The van der Waals surface area contributed by atoms with Crippen molar-refractivity contribution in [3.63, 3.8) is 0 Å². The van der Waals surface area contributed by atoms with Crippen LogP contribution in [0.2, 0.25) is 0 Å². The highest BCUT2D eigenvalue weighted by molar-refractivity contribution is 5.45. The van der Waals surface area contributed by atoms with Gasteiger partial charge in [-0.3, -0.25) is 0 Å². The van der Waals surface area contributed by atoms with Gasteiger partial charge in [0.05, 0.1) is 0 Å². The zero-order valence-electron chi connectivity index (χ0n) is 12.2. The molecule has 1 aromatic carbocycles. The van der Waals surface area contributed by atoms with Crippen LogP contribution >= 0.6 is 0 Å². The number of nitrogens with two attached hydrogens (primary N) is 1. The number of hydrogen-bond donors (Lipinski definition) is 1. The molecule has 1 aliphatic rings. The summed E-state index contributed by atoms with van der Waals surface area (Å²) in [7, 11) is 0. The van der Waals surface area contributed by atoms with Gasteiger partial charge in [0.25, 0.3) is 0 Å². The Kier molecular flexibility index (Phi) is 5.71. The molecule has 106 valence electrons. The third-order valence-corrected chi connectivity index (χ3v) is 4.39. The lowest BCUT2D eigenvalue weighted by atomic mass is 10.00. The van der Waals surface area contributed by atoms with Crippen LogP contribution in [0.3, 0.4) is 0 Å². The number of hydrogen-bond acceptors (Lipinski definition) is 2. The van der Waals surface area contributed by atoms with Gasteiger partial charge in [-0.15, -0.1) is 0 Å². The molecule has 1 saturated carbocycles. The Morgan fingerprint density at radius 1 is 1.16 bits per heavy atom. The third kappa shape index (κ3) is 4.24. The highest BCUT2D eigenvalue weighted by Crippen LogP contribution is 2.27. The number of benzene rings is 1. The first-order valence-electron chi connectivity index (χ1n) is 7.87. The molecular weight excluding hydrogens is 232 g/mol. The van der Waals surface area contributed by atoms with E-state index in [2.05, 4.69) is 42.2 Å². The summed E-state index contributed by atoms with van der Waals surface area (Å²) >= 11 is 0. The van der Waals surface area contributed by atoms with Gasteiger partial charge in [-0.1, -0.05) is 38.0 Å². The molecule has 1 aromatic rings. The first-order chi connectivity index (χ1) is 9.31. The number of unbranched alkanes of at least 4 members (excludes halogenated alkanes) is 1. The largest absolute Gasteiger partial charge is 0.372 e. The lowest BCUT2D eigenvalue weighted by Crippen LogP contribution is -2.31. The SMILES string of the molecule is CCCCN(CCC1CCCC1N)c1ccccc1. The van der Waals surface area contributed by atoms with E-state index in [9.17, 15) is 0 Å². The smallest absolute Gasteiger partial charge is 0.0366 e. The van der Waals surface area contributed by atoms with Crippen LogP contribution in [-0.2, 0) is 0 Å². The van der Waals surface area contributed by atoms with E-state index < -0.39 is 0 Å². The van der Waals surface area contributed by atoms with Crippen molar-refractivity contribution in [3.8, 4) is 0 Å². The van der Waals surface area contributed by atoms with Gasteiger partial charge < -0.3 is 10.6 Å². The van der Waals surface area contributed by atoms with Crippen molar-refractivity contribution in [2.45, 2.75) is 51.5 Å². The number of rotatable bonds is 7. The summed E-state index contributed by atoms with van der Waals surface area (Å²) in [4.78, 5) is 2.54. The Bertz CT molecular complexity index is 350. The third-order valence-electron chi connectivity index (χ3n) is 4.39. The molecule has 0 aromatic heterocycles. The summed E-state index contributed by atoms with van der Waals surface area (Å²) in [6, 6.07) is 11.3. The Hall–Kier alpha value is -1.02. The zero-order valence-corrected chi connectivity index (χ0v) is 12.2. The van der Waals surface area contributed by atoms with Gasteiger partial charge in [0, 0.05) is 24.8 Å². The van der Waals surface area contributed by atoms with Crippen LogP contribution in [0.5, 0.6) is 0 Å². The normalized spacial score (nSPS) is 22.6. The molecule has 0 heterocycles. The summed E-state index contributed by atoms with van der Waals surface area (Å²) in [5, 5.41) is 0. The predicted molar refractivity (Wildman–Crippen MR) is 83.5 cm³/mol. The van der Waals surface area contributed by atoms with Crippen LogP contribution in [0.1, 0.15) is 45.4 Å². The van der Waals surface area contributed by atoms with Gasteiger partial charge in [-0.25, -0.2) is 0 Å². The molecule has 0 saturated heterocycles. The molecule has 2 heteroatoms. The number of nitrogens with zero attached hydrogens (tertiary/aromatic N) is 1. The maximum absolute atomic E-state index is 6.19. The minimum Gasteiger partial charge on any atom is -0.372 e. The molecule has 2 atom stereocenters. The van der Waals surface area contributed by atoms with E-state index in [1.54, 1.807) is 0 Å². The van der Waals surface area contributed by atoms with Crippen molar-refractivity contribution in [1.82, 2.24) is 0 Å². The molecule has 2 unspecified atom stereocenters. The van der Waals surface area contributed by atoms with Gasteiger partial charge in [0.15, 0.2) is 0 Å². The molecule has 19 heavy (non-hydrogen) atoms. The van der Waals surface area contributed by atoms with Crippen LogP contribution < -0.4 is 10.6 Å². The summed E-state index contributed by atoms with van der Waals surface area (Å²) in [6.07, 6.45) is 7.66.